The Morgan fingerprint density at radius 2 is 2.36 bits per heavy atom. The molecule has 0 aromatic carbocycles. The molecule has 5 nitrogen and oxygen atoms in total. The topological polar surface area (TPSA) is 81.8 Å². The molecule has 1 unspecified atom stereocenters. The number of aliphatic carboxylic acids is 1. The summed E-state index contributed by atoms with van der Waals surface area (Å²) < 4.78 is 0. The molecular formula is C6H13NO4. The largest absolute Gasteiger partial charge is 0.479 e. The summed E-state index contributed by atoms with van der Waals surface area (Å²) in [5, 5.41) is 8.47. The van der Waals surface area contributed by atoms with E-state index >= 15 is 0 Å². The Labute approximate surface area is 65.0 Å². The van der Waals surface area contributed by atoms with Crippen LogP contribution in [-0.4, -0.2) is 17.2 Å². The summed E-state index contributed by atoms with van der Waals surface area (Å²) in [6, 6.07) is 0. The van der Waals surface area contributed by atoms with Gasteiger partial charge in [-0.15, -0.1) is 4.99 Å². The van der Waals surface area contributed by atoms with Crippen LogP contribution in [0.5, 0.6) is 0 Å². The van der Waals surface area contributed by atoms with Gasteiger partial charge in [-0.2, -0.15) is 5.90 Å². The highest BCUT2D eigenvalue weighted by Gasteiger charge is 2.17. The Kier molecular flexibility index (Phi) is 5.73. The van der Waals surface area contributed by atoms with E-state index in [1.54, 1.807) is 0 Å². The maximum atomic E-state index is 10.3. The quantitative estimate of drug-likeness (QED) is 0.439. The van der Waals surface area contributed by atoms with Crippen molar-refractivity contribution in [2.24, 2.45) is 5.90 Å². The van der Waals surface area contributed by atoms with Crippen molar-refractivity contribution < 1.29 is 19.8 Å². The van der Waals surface area contributed by atoms with Gasteiger partial charge in [-0.1, -0.05) is 19.8 Å². The van der Waals surface area contributed by atoms with Crippen LogP contribution in [0.25, 0.3) is 0 Å². The van der Waals surface area contributed by atoms with Gasteiger partial charge in [0.1, 0.15) is 0 Å². The minimum atomic E-state index is -1.05. The fourth-order valence-corrected chi connectivity index (χ4v) is 0.669. The molecule has 0 amide bonds. The van der Waals surface area contributed by atoms with Gasteiger partial charge in [0, 0.05) is 0 Å². The Bertz CT molecular complexity index is 117. The SMILES string of the molecule is CCCCC(OON)C(=O)O. The van der Waals surface area contributed by atoms with E-state index in [0.29, 0.717) is 6.42 Å². The lowest BCUT2D eigenvalue weighted by atomic mass is 10.2. The van der Waals surface area contributed by atoms with Gasteiger partial charge in [0.05, 0.1) is 0 Å². The van der Waals surface area contributed by atoms with E-state index in [2.05, 4.69) is 15.8 Å². The second-order valence-corrected chi connectivity index (χ2v) is 2.16. The van der Waals surface area contributed by atoms with Crippen LogP contribution >= 0.6 is 0 Å². The zero-order valence-corrected chi connectivity index (χ0v) is 6.45. The lowest BCUT2D eigenvalue weighted by Crippen LogP contribution is -2.25. The summed E-state index contributed by atoms with van der Waals surface area (Å²) >= 11 is 0. The first kappa shape index (κ1) is 10.3. The number of unbranched alkanes of at least 4 members (excludes halogenated alkanes) is 1. The Morgan fingerprint density at radius 1 is 1.73 bits per heavy atom. The predicted octanol–water partition coefficient (Wildman–Crippen LogP) is 0.452. The highest BCUT2D eigenvalue weighted by atomic mass is 17.3. The minimum absolute atomic E-state index is 0.420. The molecule has 3 N–H and O–H groups in total. The number of nitrogens with two attached hydrogens (primary N) is 1. The second kappa shape index (κ2) is 6.09. The summed E-state index contributed by atoms with van der Waals surface area (Å²) in [6.07, 6.45) is 1.17. The van der Waals surface area contributed by atoms with Crippen LogP contribution in [0.3, 0.4) is 0 Å². The van der Waals surface area contributed by atoms with Crippen LogP contribution in [-0.2, 0) is 14.7 Å². The van der Waals surface area contributed by atoms with Crippen molar-refractivity contribution in [1.29, 1.82) is 0 Å². The van der Waals surface area contributed by atoms with Crippen molar-refractivity contribution in [3.63, 3.8) is 0 Å². The first-order valence-corrected chi connectivity index (χ1v) is 3.47. The van der Waals surface area contributed by atoms with Crippen molar-refractivity contribution in [2.75, 3.05) is 0 Å². The Morgan fingerprint density at radius 3 is 2.73 bits per heavy atom. The molecule has 5 heteroatoms. The molecule has 0 bridgehead atoms. The molecule has 0 aliphatic rings. The molecule has 1 atom stereocenters. The Hall–Kier alpha value is -0.650. The molecule has 66 valence electrons. The molecule has 0 aliphatic carbocycles. The normalized spacial score (nSPS) is 12.9. The fourth-order valence-electron chi connectivity index (χ4n) is 0.669. The van der Waals surface area contributed by atoms with Gasteiger partial charge in [-0.25, -0.2) is 9.68 Å². The van der Waals surface area contributed by atoms with E-state index in [1.807, 2.05) is 6.92 Å². The highest BCUT2D eigenvalue weighted by molar-refractivity contribution is 5.72. The van der Waals surface area contributed by atoms with E-state index in [9.17, 15) is 4.79 Å². The van der Waals surface area contributed by atoms with Crippen LogP contribution in [0, 0.1) is 0 Å². The van der Waals surface area contributed by atoms with E-state index in [0.717, 1.165) is 12.8 Å². The van der Waals surface area contributed by atoms with Crippen molar-refractivity contribution >= 4 is 5.97 Å². The second-order valence-electron chi connectivity index (χ2n) is 2.16. The van der Waals surface area contributed by atoms with Crippen LogP contribution < -0.4 is 5.90 Å². The number of rotatable bonds is 6. The standard InChI is InChI=1S/C6H13NO4/c1-2-3-4-5(6(8)9)10-11-7/h5H,2-4,7H2,1H3,(H,8,9). The highest BCUT2D eigenvalue weighted by Crippen LogP contribution is 2.04. The summed E-state index contributed by atoms with van der Waals surface area (Å²) in [6.45, 7) is 1.96. The molecule has 0 radical (unpaired) electrons. The molecule has 11 heavy (non-hydrogen) atoms. The van der Waals surface area contributed by atoms with Gasteiger partial charge < -0.3 is 5.11 Å². The third-order valence-electron chi connectivity index (χ3n) is 1.27. The van der Waals surface area contributed by atoms with Crippen LogP contribution in [0.2, 0.25) is 0 Å². The molecule has 0 heterocycles. The lowest BCUT2D eigenvalue weighted by Gasteiger charge is -2.08. The maximum absolute atomic E-state index is 10.3. The molecule has 0 aromatic heterocycles. The van der Waals surface area contributed by atoms with Gasteiger partial charge in [0.2, 0.25) is 0 Å². The van der Waals surface area contributed by atoms with E-state index in [1.165, 1.54) is 0 Å². The molecule has 0 spiro atoms. The molecular weight excluding hydrogens is 150 g/mol. The molecule has 0 saturated heterocycles. The van der Waals surface area contributed by atoms with E-state index in [-0.39, 0.29) is 0 Å². The summed E-state index contributed by atoms with van der Waals surface area (Å²) in [4.78, 5) is 18.4. The Balaban J connectivity index is 3.60. The smallest absolute Gasteiger partial charge is 0.336 e. The van der Waals surface area contributed by atoms with Gasteiger partial charge in [0.15, 0.2) is 6.10 Å². The van der Waals surface area contributed by atoms with Crippen molar-refractivity contribution in [3.8, 4) is 0 Å². The summed E-state index contributed by atoms with van der Waals surface area (Å²) in [5.41, 5.74) is 0. The summed E-state index contributed by atoms with van der Waals surface area (Å²) in [5.74, 6) is 3.50. The molecule has 0 saturated carbocycles. The molecule has 0 aliphatic heterocycles. The zero-order chi connectivity index (χ0) is 8.69. The number of carboxylic acids is 1. The minimum Gasteiger partial charge on any atom is -0.479 e. The maximum Gasteiger partial charge on any atom is 0.336 e. The van der Waals surface area contributed by atoms with Gasteiger partial charge in [-0.3, -0.25) is 0 Å². The predicted molar refractivity (Wildman–Crippen MR) is 37.3 cm³/mol. The van der Waals surface area contributed by atoms with Crippen LogP contribution in [0.15, 0.2) is 0 Å². The monoisotopic (exact) mass is 163 g/mol. The van der Waals surface area contributed by atoms with E-state index < -0.39 is 12.1 Å². The first-order chi connectivity index (χ1) is 5.22. The third-order valence-corrected chi connectivity index (χ3v) is 1.27. The summed E-state index contributed by atoms with van der Waals surface area (Å²) in [7, 11) is 0. The van der Waals surface area contributed by atoms with Crippen LogP contribution in [0.4, 0.5) is 0 Å². The number of hydrogen-bond donors (Lipinski definition) is 2. The lowest BCUT2D eigenvalue weighted by molar-refractivity contribution is -0.325. The average molecular weight is 163 g/mol. The number of carbonyl (C=O) groups is 1. The third kappa shape index (κ3) is 4.72. The van der Waals surface area contributed by atoms with Crippen LogP contribution in [0.1, 0.15) is 26.2 Å². The number of carboxylic acid groups (broad SMARTS) is 1. The van der Waals surface area contributed by atoms with Crippen molar-refractivity contribution in [3.05, 3.63) is 0 Å². The van der Waals surface area contributed by atoms with Gasteiger partial charge in [0.25, 0.3) is 0 Å². The zero-order valence-electron chi connectivity index (χ0n) is 6.45. The van der Waals surface area contributed by atoms with E-state index in [4.69, 9.17) is 5.11 Å². The van der Waals surface area contributed by atoms with Crippen molar-refractivity contribution in [2.45, 2.75) is 32.3 Å². The first-order valence-electron chi connectivity index (χ1n) is 3.47. The molecule has 0 aromatic rings. The average Bonchev–Trinajstić information content (AvgIpc) is 1.97. The molecule has 0 rings (SSSR count). The number of hydrogen-bond acceptors (Lipinski definition) is 4. The van der Waals surface area contributed by atoms with Gasteiger partial charge in [-0.05, 0) is 6.42 Å². The van der Waals surface area contributed by atoms with Crippen molar-refractivity contribution in [1.82, 2.24) is 0 Å². The van der Waals surface area contributed by atoms with Gasteiger partial charge >= 0.3 is 5.97 Å². The molecule has 0 fully saturated rings. The fraction of sp³-hybridized carbons (Fsp3) is 0.833.